The first kappa shape index (κ1) is 36.9. The molecule has 2 atom stereocenters. The number of sulfone groups is 1. The van der Waals surface area contributed by atoms with Gasteiger partial charge in [-0.05, 0) is 45.1 Å². The summed E-state index contributed by atoms with van der Waals surface area (Å²) < 4.78 is 26.1. The standard InChI is InChI=1S/C34H43N9O8S/c1-33(2,49)26-18-37-41-43(26)22-16-25(31(47)39-34(28(44)29(35)45)11-13-52(50,51)14-12-34)42(19-22)32(48)24(15-20-7-4-3-5-8-20)38-30(46)23-10-6-9-21-17-36-40-27(21)23/h6,9-10,17-18,20,22,25,49H,3-5,7-8,11-16,19H2,1-2H3,(H2,35,45)(H,36,40)(H,39,47)/b38-24+/t22-,25-/m0/s1. The lowest BCUT2D eigenvalue weighted by Crippen LogP contribution is -2.64. The number of Topliss-reactive ketones (excluding diaryl/α,β-unsaturated/α-hetero) is 1. The van der Waals surface area contributed by atoms with Gasteiger partial charge >= 0.3 is 0 Å². The van der Waals surface area contributed by atoms with Gasteiger partial charge in [-0.3, -0.25) is 29.1 Å². The van der Waals surface area contributed by atoms with Crippen LogP contribution in [0.2, 0.25) is 0 Å². The number of H-pyrrole nitrogens is 1. The summed E-state index contributed by atoms with van der Waals surface area (Å²) in [5, 5.41) is 29.1. The molecule has 0 unspecified atom stereocenters. The molecule has 3 aliphatic rings. The molecule has 2 aromatic heterocycles. The zero-order chi connectivity index (χ0) is 37.4. The second kappa shape index (κ2) is 14.3. The minimum absolute atomic E-state index is 0.0418. The number of nitrogens with one attached hydrogen (secondary N) is 2. The van der Waals surface area contributed by atoms with Crippen LogP contribution in [-0.2, 0) is 34.6 Å². The van der Waals surface area contributed by atoms with Crippen LogP contribution in [0.25, 0.3) is 10.9 Å². The van der Waals surface area contributed by atoms with Crippen LogP contribution in [0, 0.1) is 5.92 Å². The first-order valence-corrected chi connectivity index (χ1v) is 19.3. The smallest absolute Gasteiger partial charge is 0.287 e. The number of benzene rings is 1. The van der Waals surface area contributed by atoms with E-state index in [-0.39, 0.29) is 49.4 Å². The number of carbonyl (C=O) groups is 5. The molecule has 0 bridgehead atoms. The molecule has 5 N–H and O–H groups in total. The van der Waals surface area contributed by atoms with E-state index in [1.807, 2.05) is 0 Å². The number of hydrogen-bond donors (Lipinski definition) is 4. The minimum atomic E-state index is -3.54. The number of ketones is 1. The van der Waals surface area contributed by atoms with Crippen LogP contribution in [0.3, 0.4) is 0 Å². The molecule has 3 aromatic rings. The van der Waals surface area contributed by atoms with E-state index in [0.717, 1.165) is 32.1 Å². The minimum Gasteiger partial charge on any atom is -0.384 e. The Morgan fingerprint density at radius 3 is 2.48 bits per heavy atom. The lowest BCUT2D eigenvalue weighted by atomic mass is 9.85. The third-order valence-corrected chi connectivity index (χ3v) is 12.1. The van der Waals surface area contributed by atoms with Crippen molar-refractivity contribution in [3.05, 3.63) is 41.9 Å². The molecule has 1 saturated carbocycles. The molecule has 2 saturated heterocycles. The molecular weight excluding hydrogens is 694 g/mol. The van der Waals surface area contributed by atoms with Gasteiger partial charge in [-0.15, -0.1) is 5.10 Å². The number of aliphatic imine (C=N–C) groups is 1. The Labute approximate surface area is 299 Å². The fraction of sp³-hybridized carbons (Fsp3) is 0.559. The highest BCUT2D eigenvalue weighted by atomic mass is 32.2. The summed E-state index contributed by atoms with van der Waals surface area (Å²) in [5.41, 5.74) is 3.04. The molecule has 6 rings (SSSR count). The summed E-state index contributed by atoms with van der Waals surface area (Å²) in [5.74, 6) is -5.48. The Morgan fingerprint density at radius 1 is 1.10 bits per heavy atom. The topological polar surface area (TPSA) is 253 Å². The van der Waals surface area contributed by atoms with Gasteiger partial charge in [0.2, 0.25) is 11.7 Å². The Bertz CT molecular complexity index is 2030. The third-order valence-electron chi connectivity index (χ3n) is 10.5. The van der Waals surface area contributed by atoms with Gasteiger partial charge < -0.3 is 21.1 Å². The second-order valence-corrected chi connectivity index (χ2v) is 16.9. The number of rotatable bonds is 10. The zero-order valence-corrected chi connectivity index (χ0v) is 29.9. The van der Waals surface area contributed by atoms with E-state index in [9.17, 15) is 37.5 Å². The number of nitrogens with zero attached hydrogens (tertiary/aromatic N) is 6. The van der Waals surface area contributed by atoms with Gasteiger partial charge in [0.15, 0.2) is 9.84 Å². The summed E-state index contributed by atoms with van der Waals surface area (Å²) in [4.78, 5) is 73.8. The van der Waals surface area contributed by atoms with Crippen LogP contribution in [0.15, 0.2) is 35.6 Å². The number of aromatic amines is 1. The van der Waals surface area contributed by atoms with E-state index in [4.69, 9.17) is 5.73 Å². The van der Waals surface area contributed by atoms with Gasteiger partial charge in [0.1, 0.15) is 22.9 Å². The molecule has 278 valence electrons. The maximum atomic E-state index is 14.7. The number of aliphatic hydroxyl groups is 1. The van der Waals surface area contributed by atoms with E-state index in [1.54, 1.807) is 38.2 Å². The summed E-state index contributed by atoms with van der Waals surface area (Å²) >= 11 is 0. The number of likely N-dealkylation sites (tertiary alicyclic amines) is 1. The van der Waals surface area contributed by atoms with Crippen molar-refractivity contribution < 1.29 is 37.5 Å². The number of hydrogen-bond acceptors (Lipinski definition) is 11. The number of carbonyl (C=O) groups excluding carboxylic acids is 5. The first-order chi connectivity index (χ1) is 24.6. The molecule has 17 nitrogen and oxygen atoms in total. The van der Waals surface area contributed by atoms with Gasteiger partial charge in [-0.1, -0.05) is 49.5 Å². The van der Waals surface area contributed by atoms with E-state index in [2.05, 4.69) is 30.8 Å². The number of aromatic nitrogens is 5. The van der Waals surface area contributed by atoms with Gasteiger partial charge in [-0.2, -0.15) is 5.10 Å². The molecule has 0 radical (unpaired) electrons. The zero-order valence-electron chi connectivity index (χ0n) is 29.1. The van der Waals surface area contributed by atoms with Crippen LogP contribution < -0.4 is 11.1 Å². The molecule has 1 aromatic carbocycles. The molecular formula is C34H43N9O8S. The molecule has 0 spiro atoms. The SMILES string of the molecule is CC(C)(O)c1cnnn1[C@H]1C[C@@H](C(=O)NC2(C(=O)C(N)=O)CCS(=O)(=O)CC2)N(C(=O)/C(CC2CCCCC2)=N/C(=O)c2cccc3cn[nH]c23)C1. The van der Waals surface area contributed by atoms with E-state index in [1.165, 1.54) is 15.8 Å². The predicted molar refractivity (Wildman–Crippen MR) is 186 cm³/mol. The average Bonchev–Trinajstić information content (AvgIpc) is 3.88. The second-order valence-electron chi connectivity index (χ2n) is 14.6. The van der Waals surface area contributed by atoms with Crippen LogP contribution >= 0.6 is 0 Å². The van der Waals surface area contributed by atoms with Crippen molar-refractivity contribution in [1.82, 2.24) is 35.4 Å². The van der Waals surface area contributed by atoms with Crippen molar-refractivity contribution in [1.29, 1.82) is 0 Å². The monoisotopic (exact) mass is 737 g/mol. The normalized spacial score (nSPS) is 22.3. The number of fused-ring (bicyclic) bond motifs is 1. The third kappa shape index (κ3) is 7.53. The van der Waals surface area contributed by atoms with Crippen molar-refractivity contribution in [3.63, 3.8) is 0 Å². The van der Waals surface area contributed by atoms with Crippen LogP contribution in [0.4, 0.5) is 0 Å². The molecule has 1 aliphatic carbocycles. The largest absolute Gasteiger partial charge is 0.384 e. The summed E-state index contributed by atoms with van der Waals surface area (Å²) in [6.45, 7) is 2.98. The first-order valence-electron chi connectivity index (χ1n) is 17.4. The van der Waals surface area contributed by atoms with E-state index in [0.29, 0.717) is 16.6 Å². The van der Waals surface area contributed by atoms with E-state index >= 15 is 0 Å². The Kier molecular flexibility index (Phi) is 10.2. The molecule has 3 fully saturated rings. The Hall–Kier alpha value is -4.84. The highest BCUT2D eigenvalue weighted by molar-refractivity contribution is 7.91. The Morgan fingerprint density at radius 2 is 1.81 bits per heavy atom. The van der Waals surface area contributed by atoms with Crippen molar-refractivity contribution in [2.24, 2.45) is 16.6 Å². The lowest BCUT2D eigenvalue weighted by molar-refractivity contribution is -0.143. The number of primary amides is 1. The van der Waals surface area contributed by atoms with Crippen molar-refractivity contribution in [3.8, 4) is 0 Å². The van der Waals surface area contributed by atoms with Crippen molar-refractivity contribution in [2.45, 2.75) is 94.9 Å². The number of amides is 4. The maximum absolute atomic E-state index is 14.7. The van der Waals surface area contributed by atoms with Gasteiger partial charge in [-0.25, -0.2) is 18.1 Å². The van der Waals surface area contributed by atoms with Crippen LogP contribution in [-0.4, -0.2) is 108 Å². The van der Waals surface area contributed by atoms with Crippen LogP contribution in [0.1, 0.15) is 93.7 Å². The summed E-state index contributed by atoms with van der Waals surface area (Å²) in [6.07, 6.45) is 6.97. The summed E-state index contributed by atoms with van der Waals surface area (Å²) in [7, 11) is -3.54. The maximum Gasteiger partial charge on any atom is 0.287 e. The van der Waals surface area contributed by atoms with E-state index < -0.39 is 74.0 Å². The van der Waals surface area contributed by atoms with Gasteiger partial charge in [0.25, 0.3) is 17.7 Å². The number of nitrogens with two attached hydrogens (primary N) is 1. The lowest BCUT2D eigenvalue weighted by Gasteiger charge is -2.37. The summed E-state index contributed by atoms with van der Waals surface area (Å²) in [6, 6.07) is 3.08. The molecule has 2 aliphatic heterocycles. The van der Waals surface area contributed by atoms with Gasteiger partial charge in [0.05, 0.1) is 46.7 Å². The quantitative estimate of drug-likeness (QED) is 0.168. The fourth-order valence-electron chi connectivity index (χ4n) is 7.61. The fourth-order valence-corrected chi connectivity index (χ4v) is 9.13. The Balaban J connectivity index is 1.39. The highest BCUT2D eigenvalue weighted by Gasteiger charge is 2.50. The molecule has 52 heavy (non-hydrogen) atoms. The highest BCUT2D eigenvalue weighted by Crippen LogP contribution is 2.34. The predicted octanol–water partition coefficient (Wildman–Crippen LogP) is 0.894. The van der Waals surface area contributed by atoms with Gasteiger partial charge in [0, 0.05) is 18.4 Å². The molecule has 4 heterocycles. The molecule has 4 amide bonds. The van der Waals surface area contributed by atoms with Crippen LogP contribution in [0.5, 0.6) is 0 Å². The van der Waals surface area contributed by atoms with Crippen molar-refractivity contribution in [2.75, 3.05) is 18.1 Å². The molecule has 18 heteroatoms. The number of para-hydroxylation sites is 1. The average molecular weight is 738 g/mol. The van der Waals surface area contributed by atoms with Crippen molar-refractivity contribution >= 4 is 55.9 Å².